The smallest absolute Gasteiger partial charge is 1.00 e. The van der Waals surface area contributed by atoms with E-state index in [-0.39, 0.29) is 52.8 Å². The van der Waals surface area contributed by atoms with E-state index >= 15 is 0 Å². The van der Waals surface area contributed by atoms with Crippen molar-refractivity contribution >= 4 is 33.4 Å². The van der Waals surface area contributed by atoms with Crippen molar-refractivity contribution < 1.29 is 105 Å². The summed E-state index contributed by atoms with van der Waals surface area (Å²) in [6, 6.07) is 0. The summed E-state index contributed by atoms with van der Waals surface area (Å²) in [7, 11) is -18.0. The molecule has 22 heavy (non-hydrogen) atoms. The topological polar surface area (TPSA) is 0 Å². The van der Waals surface area contributed by atoms with Crippen molar-refractivity contribution in [2.24, 2.45) is 5.92 Å². The largest absolute Gasteiger partial charge is 1.00 e. The Morgan fingerprint density at radius 1 is 0.682 bits per heavy atom. The summed E-state index contributed by atoms with van der Waals surface area (Å²) in [6.45, 7) is 4.16. The molecule has 0 aliphatic carbocycles. The van der Waals surface area contributed by atoms with Crippen LogP contribution in [0, 0.1) is 5.92 Å². The second-order valence-corrected chi connectivity index (χ2v) is 3.30. The molecule has 0 radical (unpaired) electrons. The maximum atomic E-state index is 9.75. The van der Waals surface area contributed by atoms with Crippen LogP contribution in [0.5, 0.6) is 0 Å². The number of allylic oxidation sites excluding steroid dienone is 1. The Balaban J connectivity index is -0.0000000408. The maximum Gasteiger partial charge on any atom is 1.00 e. The molecule has 0 aromatic rings. The van der Waals surface area contributed by atoms with Crippen LogP contribution in [0.1, 0.15) is 15.3 Å². The average Bonchev–Trinajstić information content (AvgIpc) is 1.91. The van der Waals surface area contributed by atoms with Crippen molar-refractivity contribution in [1.29, 1.82) is 0 Å². The predicted octanol–water partition coefficient (Wildman–Crippen LogP) is 3.41. The molecule has 0 N–H and O–H groups in total. The summed E-state index contributed by atoms with van der Waals surface area (Å²) in [5.41, 5.74) is 1.55. The van der Waals surface area contributed by atoms with Crippen LogP contribution in [0.2, 0.25) is 0 Å². The van der Waals surface area contributed by atoms with Gasteiger partial charge in [0.05, 0.1) is 0 Å². The first-order valence-corrected chi connectivity index (χ1v) is 5.09. The summed E-state index contributed by atoms with van der Waals surface area (Å²) < 4.78 is 117. The van der Waals surface area contributed by atoms with Crippen molar-refractivity contribution in [2.45, 2.75) is 13.8 Å². The van der Waals surface area contributed by atoms with Crippen LogP contribution in [0.3, 0.4) is 0 Å². The minimum Gasteiger partial charge on any atom is -1.00 e. The fraction of sp³-hybridized carbons (Fsp3) is 0.600. The third-order valence-corrected chi connectivity index (χ3v) is 0.603. The number of rotatable bonds is 1. The molecule has 0 saturated heterocycles. The Morgan fingerprint density at radius 2 is 0.818 bits per heavy atom. The van der Waals surface area contributed by atoms with Gasteiger partial charge in [-0.2, -0.15) is 0 Å². The Morgan fingerprint density at radius 3 is 0.818 bits per heavy atom. The minimum absolute atomic E-state index is 0. The van der Waals surface area contributed by atoms with Crippen LogP contribution >= 0.6 is 11.6 Å². The van der Waals surface area contributed by atoms with E-state index in [1.165, 1.54) is 0 Å². The Hall–Kier alpha value is 1.02. The molecule has 0 amide bonds. The molecule has 0 unspecified atom stereocenters. The molecule has 0 aliphatic heterocycles. The third kappa shape index (κ3) is 521. The quantitative estimate of drug-likeness (QED) is 0.464. The Bertz CT molecular complexity index is 208. The van der Waals surface area contributed by atoms with Gasteiger partial charge in [0.25, 0.3) is 0 Å². The average molecular weight is 405 g/mol. The number of halogens is 13. The van der Waals surface area contributed by atoms with Gasteiger partial charge in [-0.05, 0) is 5.92 Å². The van der Waals surface area contributed by atoms with E-state index in [0.717, 1.165) is 0 Å². The molecular formula is C5H10B3ClF12K-3. The van der Waals surface area contributed by atoms with Crippen molar-refractivity contribution in [3.63, 3.8) is 0 Å². The van der Waals surface area contributed by atoms with Gasteiger partial charge in [0.15, 0.2) is 0 Å². The number of hydrogen-bond donors (Lipinski definition) is 0. The SMILES string of the molecule is CC(C)C=CCl.F[B-](F)(F)F.F[B-](F)(F)F.F[B-](F)(F)F.[H-].[K+]. The summed E-state index contributed by atoms with van der Waals surface area (Å²) in [5, 5.41) is 0. The molecule has 17 heteroatoms. The maximum absolute atomic E-state index is 9.75. The molecule has 0 atom stereocenters. The Kier molecular flexibility index (Phi) is 26.4. The van der Waals surface area contributed by atoms with Crippen LogP contribution in [0.4, 0.5) is 51.8 Å². The van der Waals surface area contributed by atoms with Gasteiger partial charge in [-0.1, -0.05) is 31.5 Å². The molecule has 0 rings (SSSR count). The Labute approximate surface area is 168 Å². The number of hydrogen-bond acceptors (Lipinski definition) is 0. The van der Waals surface area contributed by atoms with E-state index in [4.69, 9.17) is 11.6 Å². The minimum atomic E-state index is -6.00. The van der Waals surface area contributed by atoms with Crippen molar-refractivity contribution in [1.82, 2.24) is 0 Å². The van der Waals surface area contributed by atoms with Crippen LogP contribution in [-0.2, 0) is 0 Å². The van der Waals surface area contributed by atoms with Crippen molar-refractivity contribution in [3.8, 4) is 0 Å². The first-order chi connectivity index (χ1) is 8.77. The molecule has 0 heterocycles. The van der Waals surface area contributed by atoms with Gasteiger partial charge in [0, 0.05) is 5.54 Å². The first kappa shape index (κ1) is 34.4. The van der Waals surface area contributed by atoms with Gasteiger partial charge in [0.1, 0.15) is 0 Å². The predicted molar refractivity (Wildman–Crippen MR) is 61.5 cm³/mol. The molecule has 0 aromatic carbocycles. The fourth-order valence-electron chi connectivity index (χ4n) is 0.145. The van der Waals surface area contributed by atoms with Gasteiger partial charge in [0.2, 0.25) is 0 Å². The molecule has 134 valence electrons. The van der Waals surface area contributed by atoms with Crippen LogP contribution < -0.4 is 51.4 Å². The van der Waals surface area contributed by atoms with E-state index < -0.39 is 21.8 Å². The molecule has 0 spiro atoms. The van der Waals surface area contributed by atoms with E-state index in [0.29, 0.717) is 5.92 Å². The van der Waals surface area contributed by atoms with Gasteiger partial charge >= 0.3 is 73.1 Å². The molecule has 0 saturated carbocycles. The first-order valence-electron chi connectivity index (χ1n) is 4.66. The fourth-order valence-corrected chi connectivity index (χ4v) is 0.436. The summed E-state index contributed by atoms with van der Waals surface area (Å²) in [6.07, 6.45) is 1.93. The van der Waals surface area contributed by atoms with Gasteiger partial charge in [-0.3, -0.25) is 0 Å². The molecule has 0 aromatic heterocycles. The van der Waals surface area contributed by atoms with Gasteiger partial charge in [-0.25, -0.2) is 0 Å². The zero-order chi connectivity index (χ0) is 18.5. The monoisotopic (exact) mass is 405 g/mol. The van der Waals surface area contributed by atoms with Crippen molar-refractivity contribution in [3.05, 3.63) is 11.6 Å². The molecule has 0 fully saturated rings. The second-order valence-electron chi connectivity index (χ2n) is 3.05. The normalized spacial score (nSPS) is 11.3. The molecule has 0 nitrogen and oxygen atoms in total. The van der Waals surface area contributed by atoms with Gasteiger partial charge in [-0.15, -0.1) is 0 Å². The summed E-state index contributed by atoms with van der Waals surface area (Å²) >= 11 is 5.22. The summed E-state index contributed by atoms with van der Waals surface area (Å²) in [4.78, 5) is 0. The molecular weight excluding hydrogens is 395 g/mol. The van der Waals surface area contributed by atoms with Crippen LogP contribution in [-0.4, -0.2) is 21.8 Å². The van der Waals surface area contributed by atoms with Crippen LogP contribution in [0.15, 0.2) is 11.6 Å². The standard InChI is InChI=1S/C5H9Cl.3BF4.K.H/c1-5(2)3-4-6;3*2-1(3,4)5;;/h3-5H,1-2H3;;;;;/q;3*-1;+1;-1. The van der Waals surface area contributed by atoms with E-state index in [1.807, 2.05) is 6.08 Å². The van der Waals surface area contributed by atoms with E-state index in [2.05, 4.69) is 13.8 Å². The van der Waals surface area contributed by atoms with E-state index in [9.17, 15) is 51.8 Å². The molecule has 0 bridgehead atoms. The molecule has 0 aliphatic rings. The third-order valence-electron chi connectivity index (χ3n) is 0.458. The van der Waals surface area contributed by atoms with E-state index in [1.54, 1.807) is 5.54 Å². The van der Waals surface area contributed by atoms with Crippen molar-refractivity contribution in [2.75, 3.05) is 0 Å². The van der Waals surface area contributed by atoms with Gasteiger partial charge < -0.3 is 53.2 Å². The summed E-state index contributed by atoms with van der Waals surface area (Å²) in [5.74, 6) is 0.586. The zero-order valence-electron chi connectivity index (χ0n) is 12.4. The van der Waals surface area contributed by atoms with Crippen LogP contribution in [0.25, 0.3) is 0 Å². The second kappa shape index (κ2) is 16.9. The zero-order valence-corrected chi connectivity index (χ0v) is 15.3.